The second kappa shape index (κ2) is 7.67. The van der Waals surface area contributed by atoms with E-state index >= 15 is 0 Å². The van der Waals surface area contributed by atoms with E-state index in [0.717, 1.165) is 16.9 Å². The van der Waals surface area contributed by atoms with Crippen LogP contribution in [-0.2, 0) is 6.18 Å². The van der Waals surface area contributed by atoms with Gasteiger partial charge in [0, 0.05) is 26.2 Å². The fourth-order valence-corrected chi connectivity index (χ4v) is 3.37. The Morgan fingerprint density at radius 1 is 0.900 bits per heavy atom. The molecule has 0 N–H and O–H groups in total. The third kappa shape index (κ3) is 3.78. The number of nitriles is 1. The van der Waals surface area contributed by atoms with Crippen molar-refractivity contribution in [1.82, 2.24) is 15.0 Å². The first-order valence-corrected chi connectivity index (χ1v) is 9.16. The Bertz CT molecular complexity index is 1090. The van der Waals surface area contributed by atoms with Crippen molar-refractivity contribution in [1.29, 1.82) is 5.26 Å². The number of rotatable bonds is 3. The van der Waals surface area contributed by atoms with Crippen molar-refractivity contribution < 1.29 is 17.6 Å². The molecule has 1 fully saturated rings. The van der Waals surface area contributed by atoms with E-state index in [2.05, 4.69) is 10.2 Å². The molecule has 2 aromatic carbocycles. The minimum atomic E-state index is -4.49. The van der Waals surface area contributed by atoms with E-state index < -0.39 is 11.7 Å². The SMILES string of the molecule is N#Cc1nn(-c2cccc(C(F)(F)F)c2)nc1N1CCN(c2ccccc2F)CC1. The molecule has 0 unspecified atom stereocenters. The van der Waals surface area contributed by atoms with Crippen LogP contribution < -0.4 is 9.80 Å². The van der Waals surface area contributed by atoms with Crippen molar-refractivity contribution in [3.63, 3.8) is 0 Å². The van der Waals surface area contributed by atoms with Crippen LogP contribution in [0.2, 0.25) is 0 Å². The summed E-state index contributed by atoms with van der Waals surface area (Å²) in [4.78, 5) is 4.76. The third-order valence-electron chi connectivity index (χ3n) is 4.88. The molecule has 0 amide bonds. The second-order valence-electron chi connectivity index (χ2n) is 6.75. The van der Waals surface area contributed by atoms with E-state index in [0.29, 0.717) is 37.7 Å². The Labute approximate surface area is 169 Å². The summed E-state index contributed by atoms with van der Waals surface area (Å²) in [6.45, 7) is 1.93. The van der Waals surface area contributed by atoms with E-state index in [1.165, 1.54) is 18.2 Å². The Hall–Kier alpha value is -3.61. The van der Waals surface area contributed by atoms with Crippen molar-refractivity contribution in [2.75, 3.05) is 36.0 Å². The van der Waals surface area contributed by atoms with Gasteiger partial charge in [-0.1, -0.05) is 18.2 Å². The molecule has 0 saturated carbocycles. The normalized spacial score (nSPS) is 14.6. The van der Waals surface area contributed by atoms with Crippen molar-refractivity contribution in [2.24, 2.45) is 0 Å². The fraction of sp³-hybridized carbons (Fsp3) is 0.250. The van der Waals surface area contributed by atoms with E-state index in [1.54, 1.807) is 18.2 Å². The standard InChI is InChI=1S/C20H16F4N6/c21-16-6-1-2-7-18(16)28-8-10-29(11-9-28)19-17(13-25)26-30(27-19)15-5-3-4-14(12-15)20(22,23)24/h1-7,12H,8-11H2. The molecule has 30 heavy (non-hydrogen) atoms. The van der Waals surface area contributed by atoms with E-state index in [1.807, 2.05) is 15.9 Å². The van der Waals surface area contributed by atoms with Crippen LogP contribution in [0.3, 0.4) is 0 Å². The van der Waals surface area contributed by atoms with Crippen molar-refractivity contribution in [3.05, 3.63) is 65.6 Å². The second-order valence-corrected chi connectivity index (χ2v) is 6.75. The van der Waals surface area contributed by atoms with Gasteiger partial charge in [0.2, 0.25) is 5.69 Å². The highest BCUT2D eigenvalue weighted by Gasteiger charge is 2.31. The summed E-state index contributed by atoms with van der Waals surface area (Å²) in [5.74, 6) is -0.0118. The first-order chi connectivity index (χ1) is 14.4. The lowest BCUT2D eigenvalue weighted by Gasteiger charge is -2.36. The molecule has 0 atom stereocenters. The average molecular weight is 416 g/mol. The molecule has 0 radical (unpaired) electrons. The first kappa shape index (κ1) is 19.7. The minimum absolute atomic E-state index is 0.0201. The maximum atomic E-state index is 14.0. The molecule has 1 aliphatic rings. The number of halogens is 4. The quantitative estimate of drug-likeness (QED) is 0.611. The zero-order chi connectivity index (χ0) is 21.3. The highest BCUT2D eigenvalue weighted by atomic mass is 19.4. The van der Waals surface area contributed by atoms with E-state index in [4.69, 9.17) is 0 Å². The molecule has 2 heterocycles. The van der Waals surface area contributed by atoms with Gasteiger partial charge in [0.15, 0.2) is 5.82 Å². The lowest BCUT2D eigenvalue weighted by atomic mass is 10.2. The lowest BCUT2D eigenvalue weighted by molar-refractivity contribution is -0.137. The largest absolute Gasteiger partial charge is 0.416 e. The van der Waals surface area contributed by atoms with Gasteiger partial charge in [0.1, 0.15) is 11.9 Å². The number of alkyl halides is 3. The minimum Gasteiger partial charge on any atom is -0.366 e. The number of anilines is 2. The van der Waals surface area contributed by atoms with Crippen LogP contribution >= 0.6 is 0 Å². The number of aromatic nitrogens is 3. The molecule has 1 aliphatic heterocycles. The predicted octanol–water partition coefficient (Wildman–Crippen LogP) is 3.62. The smallest absolute Gasteiger partial charge is 0.366 e. The predicted molar refractivity (Wildman–Crippen MR) is 102 cm³/mol. The molecule has 1 saturated heterocycles. The third-order valence-corrected chi connectivity index (χ3v) is 4.88. The molecule has 0 aliphatic carbocycles. The molecule has 3 aromatic rings. The van der Waals surface area contributed by atoms with Crippen molar-refractivity contribution >= 4 is 11.5 Å². The number of benzene rings is 2. The fourth-order valence-electron chi connectivity index (χ4n) is 3.37. The summed E-state index contributed by atoms with van der Waals surface area (Å²) in [6.07, 6.45) is -4.49. The molecular formula is C20H16F4N6. The number of para-hydroxylation sites is 1. The number of hydrogen-bond donors (Lipinski definition) is 0. The van der Waals surface area contributed by atoms with E-state index in [-0.39, 0.29) is 17.2 Å². The zero-order valence-electron chi connectivity index (χ0n) is 15.6. The molecule has 154 valence electrons. The van der Waals surface area contributed by atoms with Gasteiger partial charge < -0.3 is 9.80 Å². The monoisotopic (exact) mass is 416 g/mol. The molecule has 10 heteroatoms. The van der Waals surface area contributed by atoms with Crippen LogP contribution in [0.5, 0.6) is 0 Å². The summed E-state index contributed by atoms with van der Waals surface area (Å²) in [5.41, 5.74) is -0.189. The average Bonchev–Trinajstić information content (AvgIpc) is 3.18. The van der Waals surface area contributed by atoms with Crippen LogP contribution in [0.25, 0.3) is 5.69 Å². The molecule has 6 nitrogen and oxygen atoms in total. The summed E-state index contributed by atoms with van der Waals surface area (Å²) < 4.78 is 53.0. The molecule has 0 spiro atoms. The number of nitrogens with zero attached hydrogens (tertiary/aromatic N) is 6. The van der Waals surface area contributed by atoms with Crippen LogP contribution in [0.1, 0.15) is 11.3 Å². The van der Waals surface area contributed by atoms with Crippen LogP contribution in [-0.4, -0.2) is 41.2 Å². The number of piperazine rings is 1. The van der Waals surface area contributed by atoms with Gasteiger partial charge in [-0.05, 0) is 30.3 Å². The van der Waals surface area contributed by atoms with Crippen LogP contribution in [0.4, 0.5) is 29.1 Å². The van der Waals surface area contributed by atoms with Gasteiger partial charge >= 0.3 is 6.18 Å². The maximum absolute atomic E-state index is 14.0. The van der Waals surface area contributed by atoms with Crippen molar-refractivity contribution in [2.45, 2.75) is 6.18 Å². The Balaban J connectivity index is 1.56. The summed E-state index contributed by atoms with van der Waals surface area (Å²) in [6, 6.07) is 13.0. The van der Waals surface area contributed by atoms with Crippen molar-refractivity contribution in [3.8, 4) is 11.8 Å². The zero-order valence-corrected chi connectivity index (χ0v) is 15.6. The molecular weight excluding hydrogens is 400 g/mol. The summed E-state index contributed by atoms with van der Waals surface area (Å²) >= 11 is 0. The highest BCUT2D eigenvalue weighted by molar-refractivity contribution is 5.54. The maximum Gasteiger partial charge on any atom is 0.416 e. The van der Waals surface area contributed by atoms with Gasteiger partial charge in [-0.3, -0.25) is 0 Å². The molecule has 4 rings (SSSR count). The molecule has 1 aromatic heterocycles. The lowest BCUT2D eigenvalue weighted by Crippen LogP contribution is -2.47. The van der Waals surface area contributed by atoms with Gasteiger partial charge in [-0.2, -0.15) is 18.4 Å². The molecule has 0 bridgehead atoms. The van der Waals surface area contributed by atoms with Crippen LogP contribution in [0.15, 0.2) is 48.5 Å². The van der Waals surface area contributed by atoms with E-state index in [9.17, 15) is 22.8 Å². The van der Waals surface area contributed by atoms with Gasteiger partial charge in [-0.15, -0.1) is 15.0 Å². The van der Waals surface area contributed by atoms with Gasteiger partial charge in [0.25, 0.3) is 0 Å². The summed E-state index contributed by atoms with van der Waals surface area (Å²) in [5, 5.41) is 17.7. The Morgan fingerprint density at radius 3 is 2.27 bits per heavy atom. The van der Waals surface area contributed by atoms with Gasteiger partial charge in [0.05, 0.1) is 16.9 Å². The van der Waals surface area contributed by atoms with Gasteiger partial charge in [-0.25, -0.2) is 4.39 Å². The topological polar surface area (TPSA) is 61.0 Å². The first-order valence-electron chi connectivity index (χ1n) is 9.16. The Kier molecular flexibility index (Phi) is 5.03. The highest BCUT2D eigenvalue weighted by Crippen LogP contribution is 2.30. The number of hydrogen-bond acceptors (Lipinski definition) is 5. The Morgan fingerprint density at radius 2 is 1.60 bits per heavy atom. The van der Waals surface area contributed by atoms with Crippen LogP contribution in [0, 0.1) is 17.1 Å². The summed E-state index contributed by atoms with van der Waals surface area (Å²) in [7, 11) is 0.